The highest BCUT2D eigenvalue weighted by atomic mass is 19.4. The minimum Gasteiger partial charge on any atom is -0.409 e. The second-order valence-electron chi connectivity index (χ2n) is 5.14. The molecule has 0 saturated carbocycles. The summed E-state index contributed by atoms with van der Waals surface area (Å²) in [5.74, 6) is -2.64. The third kappa shape index (κ3) is 6.63. The smallest absolute Gasteiger partial charge is 0.400 e. The number of amidine groups is 1. The normalized spacial score (nSPS) is 17.0. The lowest BCUT2D eigenvalue weighted by Gasteiger charge is -2.28. The zero-order valence-corrected chi connectivity index (χ0v) is 11.7. The van der Waals surface area contributed by atoms with Crippen LogP contribution in [0.3, 0.4) is 0 Å². The minimum absolute atomic E-state index is 0.105. The largest absolute Gasteiger partial charge is 0.409 e. The van der Waals surface area contributed by atoms with Gasteiger partial charge in [0, 0.05) is 19.1 Å². The van der Waals surface area contributed by atoms with E-state index in [-0.39, 0.29) is 12.0 Å². The Labute approximate surface area is 111 Å². The monoisotopic (exact) mass is 284 g/mol. The van der Waals surface area contributed by atoms with Crippen molar-refractivity contribution in [2.24, 2.45) is 22.7 Å². The molecule has 0 aromatic rings. The summed E-state index contributed by atoms with van der Waals surface area (Å²) in [4.78, 5) is 1.89. The van der Waals surface area contributed by atoms with Gasteiger partial charge in [-0.2, -0.15) is 13.2 Å². The van der Waals surface area contributed by atoms with Crippen LogP contribution in [0.1, 0.15) is 13.8 Å². The average Bonchev–Trinajstić information content (AvgIpc) is 2.24. The van der Waals surface area contributed by atoms with Crippen LogP contribution in [0.25, 0.3) is 0 Å². The molecule has 0 amide bonds. The van der Waals surface area contributed by atoms with Crippen molar-refractivity contribution in [3.63, 3.8) is 0 Å². The molecular weight excluding hydrogens is 261 g/mol. The lowest BCUT2D eigenvalue weighted by Crippen LogP contribution is -2.49. The number of likely N-dealkylation sites (N-methyl/N-ethyl adjacent to an activating group) is 1. The first-order chi connectivity index (χ1) is 8.59. The van der Waals surface area contributed by atoms with Gasteiger partial charge in [-0.25, -0.2) is 0 Å². The Balaban J connectivity index is 4.69. The molecule has 4 N–H and O–H groups in total. The van der Waals surface area contributed by atoms with Gasteiger partial charge in [0.05, 0.1) is 0 Å². The topological polar surface area (TPSA) is 73.9 Å². The number of hydrogen-bond donors (Lipinski definition) is 3. The zero-order chi connectivity index (χ0) is 15.2. The van der Waals surface area contributed by atoms with Crippen LogP contribution in [0.15, 0.2) is 5.16 Å². The summed E-state index contributed by atoms with van der Waals surface area (Å²) in [6, 6.07) is -0.105. The molecule has 0 radical (unpaired) electrons. The molecule has 0 rings (SSSR count). The molecule has 0 heterocycles. The van der Waals surface area contributed by atoms with Crippen molar-refractivity contribution in [3.8, 4) is 0 Å². The van der Waals surface area contributed by atoms with Gasteiger partial charge in [0.15, 0.2) is 5.84 Å². The van der Waals surface area contributed by atoms with Crippen molar-refractivity contribution < 1.29 is 18.4 Å². The molecule has 0 fully saturated rings. The van der Waals surface area contributed by atoms with Gasteiger partial charge in [0.2, 0.25) is 0 Å². The zero-order valence-electron chi connectivity index (χ0n) is 11.7. The van der Waals surface area contributed by atoms with Crippen molar-refractivity contribution in [3.05, 3.63) is 0 Å². The summed E-state index contributed by atoms with van der Waals surface area (Å²) < 4.78 is 38.2. The maximum atomic E-state index is 12.7. The Morgan fingerprint density at radius 1 is 1.37 bits per heavy atom. The number of nitrogens with zero attached hydrogens (tertiary/aromatic N) is 2. The van der Waals surface area contributed by atoms with E-state index >= 15 is 0 Å². The summed E-state index contributed by atoms with van der Waals surface area (Å²) in [5.41, 5.74) is 5.10. The van der Waals surface area contributed by atoms with Crippen molar-refractivity contribution in [1.82, 2.24) is 10.2 Å². The highest BCUT2D eigenvalue weighted by Crippen LogP contribution is 2.26. The maximum absolute atomic E-state index is 12.7. The number of rotatable bonds is 7. The van der Waals surface area contributed by atoms with Crippen LogP contribution in [0.2, 0.25) is 0 Å². The Morgan fingerprint density at radius 3 is 2.21 bits per heavy atom. The molecule has 19 heavy (non-hydrogen) atoms. The lowest BCUT2D eigenvalue weighted by atomic mass is 10.0. The van der Waals surface area contributed by atoms with Gasteiger partial charge in [0.25, 0.3) is 0 Å². The van der Waals surface area contributed by atoms with E-state index < -0.39 is 24.5 Å². The van der Waals surface area contributed by atoms with Gasteiger partial charge in [-0.3, -0.25) is 0 Å². The number of nitrogens with two attached hydrogens (primary N) is 1. The van der Waals surface area contributed by atoms with E-state index in [4.69, 9.17) is 10.9 Å². The number of nitrogens with one attached hydrogen (secondary N) is 1. The Morgan fingerprint density at radius 2 is 1.89 bits per heavy atom. The first-order valence-electron chi connectivity index (χ1n) is 6.01. The molecule has 0 aliphatic carbocycles. The van der Waals surface area contributed by atoms with Gasteiger partial charge in [-0.05, 0) is 20.0 Å². The van der Waals surface area contributed by atoms with Crippen molar-refractivity contribution >= 4 is 5.84 Å². The molecule has 0 aliphatic heterocycles. The molecule has 2 atom stereocenters. The summed E-state index contributed by atoms with van der Waals surface area (Å²) in [7, 11) is 3.70. The molecule has 0 aliphatic rings. The van der Waals surface area contributed by atoms with E-state index in [9.17, 15) is 13.2 Å². The van der Waals surface area contributed by atoms with Gasteiger partial charge in [-0.1, -0.05) is 19.0 Å². The second kappa shape index (κ2) is 7.54. The Bertz CT molecular complexity index is 292. The van der Waals surface area contributed by atoms with E-state index in [0.29, 0.717) is 6.54 Å². The molecule has 0 bridgehead atoms. The quantitative estimate of drug-likeness (QED) is 0.283. The van der Waals surface area contributed by atoms with Gasteiger partial charge < -0.3 is 21.2 Å². The Hall–Kier alpha value is -1.02. The number of oxime groups is 1. The first-order valence-corrected chi connectivity index (χ1v) is 6.01. The van der Waals surface area contributed by atoms with E-state index in [1.807, 2.05) is 32.8 Å². The molecule has 0 aromatic carbocycles. The molecule has 0 aromatic heterocycles. The summed E-state index contributed by atoms with van der Waals surface area (Å²) in [5, 5.41) is 13.7. The number of halogens is 3. The van der Waals surface area contributed by atoms with Crippen LogP contribution < -0.4 is 11.1 Å². The lowest BCUT2D eigenvalue weighted by molar-refractivity contribution is -0.155. The minimum atomic E-state index is -4.54. The molecule has 0 saturated heterocycles. The molecule has 8 heteroatoms. The van der Waals surface area contributed by atoms with Crippen LogP contribution in [-0.2, 0) is 0 Å². The van der Waals surface area contributed by atoms with E-state index in [1.54, 1.807) is 0 Å². The average molecular weight is 284 g/mol. The number of alkyl halides is 3. The third-order valence-corrected chi connectivity index (χ3v) is 2.82. The first kappa shape index (κ1) is 18.0. The summed E-state index contributed by atoms with van der Waals surface area (Å²) in [6.07, 6.45) is -4.54. The van der Waals surface area contributed by atoms with Gasteiger partial charge in [0.1, 0.15) is 5.92 Å². The van der Waals surface area contributed by atoms with Crippen LogP contribution in [0, 0.1) is 11.8 Å². The number of hydrogen-bond acceptors (Lipinski definition) is 4. The van der Waals surface area contributed by atoms with Gasteiger partial charge in [-0.15, -0.1) is 0 Å². The van der Waals surface area contributed by atoms with Crippen LogP contribution in [0.5, 0.6) is 0 Å². The second-order valence-corrected chi connectivity index (χ2v) is 5.14. The third-order valence-electron chi connectivity index (χ3n) is 2.82. The van der Waals surface area contributed by atoms with E-state index in [0.717, 1.165) is 0 Å². The van der Waals surface area contributed by atoms with Gasteiger partial charge >= 0.3 is 6.18 Å². The predicted molar refractivity (Wildman–Crippen MR) is 68.1 cm³/mol. The molecule has 0 spiro atoms. The molecule has 114 valence electrons. The standard InChI is InChI=1S/C11H23F3N4O/c1-7(2)9(6-18(3)4)16-5-8(10(15)17-19)11(12,13)14/h7-9,16,19H,5-6H2,1-4H3,(H2,15,17). The van der Waals surface area contributed by atoms with Crippen LogP contribution in [-0.4, -0.2) is 55.3 Å². The van der Waals surface area contributed by atoms with E-state index in [1.165, 1.54) is 0 Å². The summed E-state index contributed by atoms with van der Waals surface area (Å²) >= 11 is 0. The highest BCUT2D eigenvalue weighted by molar-refractivity contribution is 5.83. The molecule has 2 unspecified atom stereocenters. The van der Waals surface area contributed by atoms with Crippen molar-refractivity contribution in [2.75, 3.05) is 27.2 Å². The van der Waals surface area contributed by atoms with E-state index in [2.05, 4.69) is 10.5 Å². The fraction of sp³-hybridized carbons (Fsp3) is 0.909. The fourth-order valence-electron chi connectivity index (χ4n) is 1.63. The maximum Gasteiger partial charge on any atom is 0.400 e. The van der Waals surface area contributed by atoms with Crippen molar-refractivity contribution in [1.29, 1.82) is 0 Å². The van der Waals surface area contributed by atoms with Crippen LogP contribution >= 0.6 is 0 Å². The predicted octanol–water partition coefficient (Wildman–Crippen LogP) is 1.09. The van der Waals surface area contributed by atoms with Crippen LogP contribution in [0.4, 0.5) is 13.2 Å². The molecular formula is C11H23F3N4O. The van der Waals surface area contributed by atoms with Crippen molar-refractivity contribution in [2.45, 2.75) is 26.1 Å². The SMILES string of the molecule is CC(C)C(CN(C)C)NCC(C(N)=NO)C(F)(F)F. The fourth-order valence-corrected chi connectivity index (χ4v) is 1.63. The Kier molecular flexibility index (Phi) is 7.14. The molecule has 5 nitrogen and oxygen atoms in total. The highest BCUT2D eigenvalue weighted by Gasteiger charge is 2.42. The summed E-state index contributed by atoms with van der Waals surface area (Å²) in [6.45, 7) is 4.05.